The molecule has 7 nitrogen and oxygen atoms in total. The zero-order valence-electron chi connectivity index (χ0n) is 19.5. The third kappa shape index (κ3) is 5.33. The van der Waals surface area contributed by atoms with Crippen molar-refractivity contribution in [3.05, 3.63) is 56.1 Å². The van der Waals surface area contributed by atoms with Gasteiger partial charge >= 0.3 is 0 Å². The van der Waals surface area contributed by atoms with Gasteiger partial charge in [-0.1, -0.05) is 50.1 Å². The summed E-state index contributed by atoms with van der Waals surface area (Å²) in [5.41, 5.74) is 0.383. The zero-order chi connectivity index (χ0) is 24.4. The van der Waals surface area contributed by atoms with E-state index in [0.29, 0.717) is 28.0 Å². The Labute approximate surface area is 213 Å². The number of nitro benzene ring substituents is 1. The summed E-state index contributed by atoms with van der Waals surface area (Å²) in [6.07, 6.45) is 13.1. The molecule has 2 saturated carbocycles. The van der Waals surface area contributed by atoms with Gasteiger partial charge in [-0.15, -0.1) is 0 Å². The number of benzene rings is 1. The van der Waals surface area contributed by atoms with Crippen molar-refractivity contribution in [2.45, 2.75) is 76.3 Å². The summed E-state index contributed by atoms with van der Waals surface area (Å²) in [7, 11) is 0. The van der Waals surface area contributed by atoms with Crippen molar-refractivity contribution >= 4 is 46.2 Å². The fraction of sp³-hybridized carbons (Fsp3) is 0.462. The Morgan fingerprint density at radius 1 is 1.06 bits per heavy atom. The van der Waals surface area contributed by atoms with Gasteiger partial charge in [0.05, 0.1) is 15.9 Å². The first-order chi connectivity index (χ1) is 17.0. The Hall–Kier alpha value is -2.58. The van der Waals surface area contributed by atoms with Crippen molar-refractivity contribution in [3.8, 4) is 11.3 Å². The molecular weight excluding hydrogens is 486 g/mol. The lowest BCUT2D eigenvalue weighted by Crippen LogP contribution is -2.41. The summed E-state index contributed by atoms with van der Waals surface area (Å²) in [5, 5.41) is 12.1. The van der Waals surface area contributed by atoms with Gasteiger partial charge in [-0.25, -0.2) is 0 Å². The van der Waals surface area contributed by atoms with E-state index in [0.717, 1.165) is 43.7 Å². The molecule has 0 radical (unpaired) electrons. The maximum absolute atomic E-state index is 13.5. The summed E-state index contributed by atoms with van der Waals surface area (Å²) < 4.78 is 5.95. The number of thioether (sulfide) groups is 1. The minimum atomic E-state index is -0.515. The van der Waals surface area contributed by atoms with Gasteiger partial charge in [-0.2, -0.15) is 0 Å². The molecule has 2 heterocycles. The highest BCUT2D eigenvalue weighted by atomic mass is 35.5. The number of hydrogen-bond acceptors (Lipinski definition) is 6. The Morgan fingerprint density at radius 2 is 1.77 bits per heavy atom. The maximum atomic E-state index is 13.5. The monoisotopic (exact) mass is 513 g/mol. The lowest BCUT2D eigenvalue weighted by Gasteiger charge is -2.31. The summed E-state index contributed by atoms with van der Waals surface area (Å²) in [6, 6.07) is 8.59. The first-order valence-electron chi connectivity index (χ1n) is 12.3. The van der Waals surface area contributed by atoms with Crippen LogP contribution in [0.2, 0.25) is 5.02 Å². The second-order valence-corrected chi connectivity index (χ2v) is 10.8. The molecule has 1 aromatic heterocycles. The first kappa shape index (κ1) is 24.1. The minimum absolute atomic E-state index is 0.00320. The lowest BCUT2D eigenvalue weighted by atomic mass is 9.94. The smallest absolute Gasteiger partial charge is 0.288 e. The van der Waals surface area contributed by atoms with Gasteiger partial charge in [0.2, 0.25) is 0 Å². The molecule has 1 aromatic carbocycles. The molecule has 2 aromatic rings. The van der Waals surface area contributed by atoms with E-state index in [4.69, 9.17) is 21.0 Å². The Bertz CT molecular complexity index is 1180. The van der Waals surface area contributed by atoms with Gasteiger partial charge < -0.3 is 4.42 Å². The van der Waals surface area contributed by atoms with Gasteiger partial charge in [0, 0.05) is 23.7 Å². The molecule has 0 unspecified atom stereocenters. The van der Waals surface area contributed by atoms with E-state index in [2.05, 4.69) is 0 Å². The number of nitrogens with zero attached hydrogens (tertiary/aromatic N) is 3. The second kappa shape index (κ2) is 10.6. The fourth-order valence-corrected chi connectivity index (χ4v) is 6.40. The van der Waals surface area contributed by atoms with Crippen LogP contribution in [0.4, 0.5) is 5.69 Å². The first-order valence-corrected chi connectivity index (χ1v) is 13.5. The highest BCUT2D eigenvalue weighted by Gasteiger charge is 2.39. The Morgan fingerprint density at radius 3 is 2.49 bits per heavy atom. The fourth-order valence-electron chi connectivity index (χ4n) is 5.12. The normalized spacial score (nSPS) is 22.4. The molecule has 0 atom stereocenters. The molecule has 5 rings (SSSR count). The zero-order valence-corrected chi connectivity index (χ0v) is 21.0. The van der Waals surface area contributed by atoms with Crippen molar-refractivity contribution < 1.29 is 14.1 Å². The van der Waals surface area contributed by atoms with Crippen LogP contribution < -0.4 is 0 Å². The number of nitro groups is 1. The van der Waals surface area contributed by atoms with E-state index in [1.807, 2.05) is 4.90 Å². The highest BCUT2D eigenvalue weighted by Crippen LogP contribution is 2.39. The van der Waals surface area contributed by atoms with Gasteiger partial charge in [0.15, 0.2) is 5.17 Å². The van der Waals surface area contributed by atoms with Crippen LogP contribution in [0.1, 0.15) is 70.0 Å². The van der Waals surface area contributed by atoms with E-state index in [1.165, 1.54) is 49.6 Å². The van der Waals surface area contributed by atoms with Crippen LogP contribution in [0, 0.1) is 10.1 Å². The molecule has 35 heavy (non-hydrogen) atoms. The number of amides is 1. The molecule has 3 fully saturated rings. The molecule has 0 spiro atoms. The summed E-state index contributed by atoms with van der Waals surface area (Å²) in [5.74, 6) is 1.000. The molecule has 184 valence electrons. The quantitative estimate of drug-likeness (QED) is 0.235. The molecule has 9 heteroatoms. The van der Waals surface area contributed by atoms with E-state index in [9.17, 15) is 14.9 Å². The van der Waals surface area contributed by atoms with E-state index in [1.54, 1.807) is 24.3 Å². The Kier molecular flexibility index (Phi) is 7.29. The summed E-state index contributed by atoms with van der Waals surface area (Å²) in [4.78, 5) is 31.8. The van der Waals surface area contributed by atoms with Crippen LogP contribution in [0.5, 0.6) is 0 Å². The van der Waals surface area contributed by atoms with Gasteiger partial charge in [0.1, 0.15) is 16.5 Å². The van der Waals surface area contributed by atoms with Crippen molar-refractivity contribution in [3.63, 3.8) is 0 Å². The predicted octanol–water partition coefficient (Wildman–Crippen LogP) is 7.45. The standard InChI is InChI=1S/C26H28ClN3O4S/c27-21-13-11-17(15-22(21)30(32)33)23-14-12-20(34-23)16-24-25(31)29(19-9-5-2-6-10-19)26(35-24)28-18-7-3-1-4-8-18/h11-16,18-19H,1-10H2. The van der Waals surface area contributed by atoms with Crippen molar-refractivity contribution in [1.82, 2.24) is 4.90 Å². The number of halogens is 1. The SMILES string of the molecule is O=C1C(=Cc2ccc(-c3ccc(Cl)c([N+](=O)[O-])c3)o2)SC(=NC2CCCCC2)N1C1CCCCC1. The number of carbonyl (C=O) groups excluding carboxylic acids is 1. The number of carbonyl (C=O) groups is 1. The number of rotatable bonds is 5. The van der Waals surface area contributed by atoms with E-state index < -0.39 is 4.92 Å². The predicted molar refractivity (Wildman–Crippen MR) is 139 cm³/mol. The van der Waals surface area contributed by atoms with E-state index in [-0.39, 0.29) is 22.7 Å². The number of aliphatic imine (C=N–C) groups is 1. The minimum Gasteiger partial charge on any atom is -0.457 e. The third-order valence-corrected chi connectivity index (χ3v) is 8.29. The van der Waals surface area contributed by atoms with Crippen LogP contribution >= 0.6 is 23.4 Å². The molecular formula is C26H28ClN3O4S. The molecule has 1 aliphatic heterocycles. The topological polar surface area (TPSA) is 88.9 Å². The molecule has 2 aliphatic carbocycles. The van der Waals surface area contributed by atoms with Crippen molar-refractivity contribution in [1.29, 1.82) is 0 Å². The highest BCUT2D eigenvalue weighted by molar-refractivity contribution is 8.18. The largest absolute Gasteiger partial charge is 0.457 e. The molecule has 1 amide bonds. The number of amidine groups is 1. The van der Waals surface area contributed by atoms with Crippen LogP contribution in [-0.2, 0) is 4.79 Å². The summed E-state index contributed by atoms with van der Waals surface area (Å²) in [6.45, 7) is 0. The van der Waals surface area contributed by atoms with Gasteiger partial charge in [0.25, 0.3) is 11.6 Å². The second-order valence-electron chi connectivity index (χ2n) is 9.41. The average molecular weight is 514 g/mol. The maximum Gasteiger partial charge on any atom is 0.288 e. The van der Waals surface area contributed by atoms with Crippen LogP contribution in [-0.4, -0.2) is 33.0 Å². The molecule has 1 saturated heterocycles. The van der Waals surface area contributed by atoms with Crippen molar-refractivity contribution in [2.24, 2.45) is 4.99 Å². The van der Waals surface area contributed by atoms with Crippen molar-refractivity contribution in [2.75, 3.05) is 0 Å². The molecule has 0 N–H and O–H groups in total. The van der Waals surface area contributed by atoms with Crippen LogP contribution in [0.15, 0.2) is 44.6 Å². The lowest BCUT2D eigenvalue weighted by molar-refractivity contribution is -0.384. The third-order valence-electron chi connectivity index (χ3n) is 6.97. The van der Waals surface area contributed by atoms with Gasteiger partial charge in [-0.05, 0) is 61.7 Å². The number of hydrogen-bond donors (Lipinski definition) is 0. The molecule has 3 aliphatic rings. The average Bonchev–Trinajstić information content (AvgIpc) is 3.45. The van der Waals surface area contributed by atoms with Crippen LogP contribution in [0.25, 0.3) is 17.4 Å². The van der Waals surface area contributed by atoms with E-state index >= 15 is 0 Å². The Balaban J connectivity index is 1.42. The van der Waals surface area contributed by atoms with Crippen LogP contribution in [0.3, 0.4) is 0 Å². The van der Waals surface area contributed by atoms with Gasteiger partial charge in [-0.3, -0.25) is 24.8 Å². The summed E-state index contributed by atoms with van der Waals surface area (Å²) >= 11 is 7.38. The number of furan rings is 1. The molecule has 0 bridgehead atoms.